The lowest BCUT2D eigenvalue weighted by molar-refractivity contribution is -0.137. The van der Waals surface area contributed by atoms with Crippen LogP contribution in [0.1, 0.15) is 84.0 Å². The molecule has 0 aromatic rings. The zero-order valence-corrected chi connectivity index (χ0v) is 17.4. The van der Waals surface area contributed by atoms with Crippen LogP contribution in [0.5, 0.6) is 0 Å². The lowest BCUT2D eigenvalue weighted by Gasteiger charge is -2.34. The number of carboxylic acids is 1. The molecule has 0 heterocycles. The van der Waals surface area contributed by atoms with Crippen molar-refractivity contribution in [3.63, 3.8) is 0 Å². The maximum atomic E-state index is 10.6. The summed E-state index contributed by atoms with van der Waals surface area (Å²) in [6.07, 6.45) is 17.4. The van der Waals surface area contributed by atoms with Crippen LogP contribution in [-0.2, 0) is 4.79 Å². The fourth-order valence-corrected chi connectivity index (χ4v) is 5.94. The molecule has 0 unspecified atom stereocenters. The Labute approximate surface area is 169 Å². The molecule has 0 aromatic heterocycles. The molecule has 3 rings (SSSR count). The number of aliphatic hydroxyl groups is 2. The number of hydrogen-bond donors (Lipinski definition) is 3. The average Bonchev–Trinajstić information content (AvgIpc) is 3.13. The first-order valence-corrected chi connectivity index (χ1v) is 11.3. The molecule has 3 N–H and O–H groups in total. The summed E-state index contributed by atoms with van der Waals surface area (Å²) >= 11 is 0. The van der Waals surface area contributed by atoms with Crippen molar-refractivity contribution in [1.29, 1.82) is 0 Å². The van der Waals surface area contributed by atoms with E-state index in [9.17, 15) is 15.0 Å². The van der Waals surface area contributed by atoms with E-state index in [1.807, 2.05) is 6.08 Å². The van der Waals surface area contributed by atoms with Gasteiger partial charge in [-0.05, 0) is 68.6 Å². The largest absolute Gasteiger partial charge is 0.481 e. The molecule has 3 fully saturated rings. The van der Waals surface area contributed by atoms with Crippen molar-refractivity contribution in [1.82, 2.24) is 0 Å². The molecule has 0 bridgehead atoms. The fraction of sp³-hybridized carbons (Fsp3) is 0.792. The molecular formula is C24H38O4. The van der Waals surface area contributed by atoms with Crippen LogP contribution in [0.3, 0.4) is 0 Å². The molecular weight excluding hydrogens is 352 g/mol. The van der Waals surface area contributed by atoms with Crippen molar-refractivity contribution >= 4 is 5.97 Å². The average molecular weight is 391 g/mol. The van der Waals surface area contributed by atoms with Crippen LogP contribution in [0.4, 0.5) is 0 Å². The topological polar surface area (TPSA) is 77.8 Å². The zero-order chi connectivity index (χ0) is 20.1. The summed E-state index contributed by atoms with van der Waals surface area (Å²) < 4.78 is 0. The van der Waals surface area contributed by atoms with Gasteiger partial charge in [0.1, 0.15) is 0 Å². The van der Waals surface area contributed by atoms with Crippen LogP contribution in [0, 0.1) is 23.2 Å². The Morgan fingerprint density at radius 3 is 2.71 bits per heavy atom. The Bertz CT molecular complexity index is 587. The SMILES string of the molecule is CC1(C[C@@H](O)/C=C/[C@@H]2[C@H]3C/C(=C/CCCC(=O)O)C[C@@H]3C[C@H]2O)CCCCC1. The molecule has 3 aliphatic carbocycles. The standard InChI is InChI=1S/C24H38O4/c1-24(11-5-2-6-12-24)16-19(25)9-10-20-21-14-17(7-3-4-8-23(27)28)13-18(21)15-22(20)26/h7,9-10,18-22,25-26H,2-6,8,11-16H2,1H3,(H,27,28)/b10-9+,17-7+/t18-,19+,20-,21+,22-/m1/s1. The van der Waals surface area contributed by atoms with Crippen LogP contribution >= 0.6 is 0 Å². The molecule has 28 heavy (non-hydrogen) atoms. The number of carbonyl (C=O) groups is 1. The van der Waals surface area contributed by atoms with Gasteiger partial charge < -0.3 is 15.3 Å². The summed E-state index contributed by atoms with van der Waals surface area (Å²) in [5.74, 6) is 0.414. The second-order valence-electron chi connectivity index (χ2n) is 9.89. The Balaban J connectivity index is 1.51. The number of aliphatic hydroxyl groups excluding tert-OH is 2. The van der Waals surface area contributed by atoms with Gasteiger partial charge in [-0.2, -0.15) is 0 Å². The van der Waals surface area contributed by atoms with Crippen LogP contribution in [0.15, 0.2) is 23.8 Å². The summed E-state index contributed by atoms with van der Waals surface area (Å²) in [7, 11) is 0. The number of allylic oxidation sites excluding steroid dienone is 2. The van der Waals surface area contributed by atoms with E-state index in [0.717, 1.165) is 32.1 Å². The predicted molar refractivity (Wildman–Crippen MR) is 111 cm³/mol. The second-order valence-corrected chi connectivity index (χ2v) is 9.89. The Kier molecular flexibility index (Phi) is 7.38. The summed E-state index contributed by atoms with van der Waals surface area (Å²) in [5.41, 5.74) is 1.69. The minimum absolute atomic E-state index is 0.142. The molecule has 0 spiro atoms. The van der Waals surface area contributed by atoms with Crippen LogP contribution in [0.2, 0.25) is 0 Å². The third-order valence-electron chi connectivity index (χ3n) is 7.46. The minimum Gasteiger partial charge on any atom is -0.481 e. The highest BCUT2D eigenvalue weighted by molar-refractivity contribution is 5.66. The highest BCUT2D eigenvalue weighted by Crippen LogP contribution is 2.50. The molecule has 0 radical (unpaired) electrons. The maximum absolute atomic E-state index is 10.6. The Hall–Kier alpha value is -1.13. The van der Waals surface area contributed by atoms with Gasteiger partial charge in [-0.25, -0.2) is 0 Å². The maximum Gasteiger partial charge on any atom is 0.303 e. The summed E-state index contributed by atoms with van der Waals surface area (Å²) in [6.45, 7) is 2.31. The fourth-order valence-electron chi connectivity index (χ4n) is 5.94. The molecule has 3 saturated carbocycles. The van der Waals surface area contributed by atoms with Crippen molar-refractivity contribution < 1.29 is 20.1 Å². The lowest BCUT2D eigenvalue weighted by Crippen LogP contribution is -2.25. The molecule has 0 saturated heterocycles. The molecule has 158 valence electrons. The van der Waals surface area contributed by atoms with E-state index in [1.54, 1.807) is 0 Å². The van der Waals surface area contributed by atoms with Gasteiger partial charge in [0.25, 0.3) is 0 Å². The highest BCUT2D eigenvalue weighted by Gasteiger charge is 2.45. The Morgan fingerprint density at radius 2 is 2.00 bits per heavy atom. The van der Waals surface area contributed by atoms with Crippen molar-refractivity contribution in [3.8, 4) is 0 Å². The van der Waals surface area contributed by atoms with Gasteiger partial charge in [-0.15, -0.1) is 0 Å². The van der Waals surface area contributed by atoms with Crippen molar-refractivity contribution in [2.45, 2.75) is 96.2 Å². The first kappa shape index (κ1) is 21.6. The highest BCUT2D eigenvalue weighted by atomic mass is 16.4. The first-order chi connectivity index (χ1) is 13.4. The van der Waals surface area contributed by atoms with Gasteiger partial charge in [0.05, 0.1) is 12.2 Å². The van der Waals surface area contributed by atoms with Crippen molar-refractivity contribution in [2.75, 3.05) is 0 Å². The van der Waals surface area contributed by atoms with E-state index in [2.05, 4.69) is 19.1 Å². The zero-order valence-electron chi connectivity index (χ0n) is 17.4. The number of rotatable bonds is 8. The van der Waals surface area contributed by atoms with Crippen molar-refractivity contribution in [2.24, 2.45) is 23.2 Å². The van der Waals surface area contributed by atoms with Gasteiger partial charge in [0.15, 0.2) is 0 Å². The normalized spacial score (nSPS) is 34.8. The lowest BCUT2D eigenvalue weighted by atomic mass is 9.72. The number of hydrogen-bond acceptors (Lipinski definition) is 3. The summed E-state index contributed by atoms with van der Waals surface area (Å²) in [6, 6.07) is 0. The van der Waals surface area contributed by atoms with Crippen molar-refractivity contribution in [3.05, 3.63) is 23.8 Å². The summed E-state index contributed by atoms with van der Waals surface area (Å²) in [4.78, 5) is 10.6. The molecule has 0 aromatic carbocycles. The first-order valence-electron chi connectivity index (χ1n) is 11.3. The molecule has 0 amide bonds. The molecule has 4 heteroatoms. The third kappa shape index (κ3) is 5.70. The van der Waals surface area contributed by atoms with Gasteiger partial charge in [-0.3, -0.25) is 4.79 Å². The Morgan fingerprint density at radius 1 is 1.25 bits per heavy atom. The molecule has 3 aliphatic rings. The minimum atomic E-state index is -0.726. The molecule has 0 aliphatic heterocycles. The van der Waals surface area contributed by atoms with E-state index in [4.69, 9.17) is 5.11 Å². The van der Waals surface area contributed by atoms with E-state index in [0.29, 0.717) is 18.3 Å². The van der Waals surface area contributed by atoms with Gasteiger partial charge in [-0.1, -0.05) is 50.0 Å². The van der Waals surface area contributed by atoms with Crippen LogP contribution in [-0.4, -0.2) is 33.5 Å². The molecule has 5 atom stereocenters. The third-order valence-corrected chi connectivity index (χ3v) is 7.46. The molecule has 4 nitrogen and oxygen atoms in total. The monoisotopic (exact) mass is 390 g/mol. The number of unbranched alkanes of at least 4 members (excludes halogenated alkanes) is 1. The predicted octanol–water partition coefficient (Wildman–Crippen LogP) is 4.85. The van der Waals surface area contributed by atoms with E-state index in [1.165, 1.54) is 37.7 Å². The van der Waals surface area contributed by atoms with E-state index in [-0.39, 0.29) is 23.9 Å². The second kappa shape index (κ2) is 9.58. The van der Waals surface area contributed by atoms with Gasteiger partial charge in [0, 0.05) is 12.3 Å². The number of carboxylic acid groups (broad SMARTS) is 1. The van der Waals surface area contributed by atoms with Gasteiger partial charge in [0.2, 0.25) is 0 Å². The summed E-state index contributed by atoms with van der Waals surface area (Å²) in [5, 5.41) is 29.8. The quantitative estimate of drug-likeness (QED) is 0.409. The number of fused-ring (bicyclic) bond motifs is 1. The smallest absolute Gasteiger partial charge is 0.303 e. The van der Waals surface area contributed by atoms with Gasteiger partial charge >= 0.3 is 5.97 Å². The number of aliphatic carboxylic acids is 1. The van der Waals surface area contributed by atoms with E-state index >= 15 is 0 Å². The van der Waals surface area contributed by atoms with Crippen LogP contribution < -0.4 is 0 Å². The van der Waals surface area contributed by atoms with Crippen LogP contribution in [0.25, 0.3) is 0 Å². The van der Waals surface area contributed by atoms with E-state index < -0.39 is 12.1 Å².